The molecule has 2 aromatic carbocycles. The number of carbonyl (C=O) groups is 1. The number of nitriles is 1. The molecule has 0 N–H and O–H groups in total. The summed E-state index contributed by atoms with van der Waals surface area (Å²) in [6.07, 6.45) is 0. The number of hydrogen-bond donors (Lipinski definition) is 0. The zero-order valence-electron chi connectivity index (χ0n) is 15.2. The van der Waals surface area contributed by atoms with Gasteiger partial charge < -0.3 is 9.47 Å². The fraction of sp³-hybridized carbons (Fsp3) is 0.136. The number of nitrogens with zero attached hydrogens (tertiary/aromatic N) is 2. The third-order valence-corrected chi connectivity index (χ3v) is 4.21. The van der Waals surface area contributed by atoms with Crippen molar-refractivity contribution in [3.8, 4) is 34.3 Å². The largest absolute Gasteiger partial charge is 0.465 e. The summed E-state index contributed by atoms with van der Waals surface area (Å²) in [5.41, 5.74) is 3.17. The molecular formula is C22H17ClN2O3. The molecule has 0 amide bonds. The Labute approximate surface area is 168 Å². The average molecular weight is 393 g/mol. The van der Waals surface area contributed by atoms with Crippen LogP contribution in [0.15, 0.2) is 60.7 Å². The third-order valence-electron chi connectivity index (χ3n) is 3.95. The van der Waals surface area contributed by atoms with Crippen LogP contribution in [0.3, 0.4) is 0 Å². The minimum Gasteiger partial charge on any atom is -0.465 e. The molecule has 0 unspecified atom stereocenters. The molecule has 6 heteroatoms. The van der Waals surface area contributed by atoms with Crippen LogP contribution in [0.4, 0.5) is 0 Å². The van der Waals surface area contributed by atoms with Crippen LogP contribution in [0, 0.1) is 11.3 Å². The molecule has 1 aromatic heterocycles. The minimum absolute atomic E-state index is 0.0851. The lowest BCUT2D eigenvalue weighted by molar-refractivity contribution is -0.145. The lowest BCUT2D eigenvalue weighted by atomic mass is 9.99. The summed E-state index contributed by atoms with van der Waals surface area (Å²) in [5.74, 6) is -0.437. The lowest BCUT2D eigenvalue weighted by Gasteiger charge is -2.13. The maximum Gasteiger partial charge on any atom is 0.344 e. The Hall–Kier alpha value is -3.36. The van der Waals surface area contributed by atoms with Crippen LogP contribution in [0.1, 0.15) is 12.5 Å². The molecule has 0 fully saturated rings. The molecule has 3 rings (SSSR count). The summed E-state index contributed by atoms with van der Waals surface area (Å²) < 4.78 is 10.4. The van der Waals surface area contributed by atoms with Crippen LogP contribution in [0.5, 0.6) is 5.88 Å². The van der Waals surface area contributed by atoms with Gasteiger partial charge in [-0.05, 0) is 30.7 Å². The molecular weight excluding hydrogens is 376 g/mol. The Balaban J connectivity index is 2.11. The van der Waals surface area contributed by atoms with Crippen molar-refractivity contribution >= 4 is 17.6 Å². The van der Waals surface area contributed by atoms with Crippen molar-refractivity contribution in [1.29, 1.82) is 5.26 Å². The molecule has 0 spiro atoms. The van der Waals surface area contributed by atoms with Gasteiger partial charge in [0.2, 0.25) is 5.88 Å². The van der Waals surface area contributed by atoms with Gasteiger partial charge in [-0.3, -0.25) is 0 Å². The van der Waals surface area contributed by atoms with E-state index in [0.29, 0.717) is 16.3 Å². The first kappa shape index (κ1) is 19.4. The highest BCUT2D eigenvalue weighted by molar-refractivity contribution is 6.30. The van der Waals surface area contributed by atoms with Gasteiger partial charge in [0, 0.05) is 16.1 Å². The Morgan fingerprint density at radius 1 is 1.11 bits per heavy atom. The second-order valence-corrected chi connectivity index (χ2v) is 6.25. The predicted molar refractivity (Wildman–Crippen MR) is 107 cm³/mol. The first-order chi connectivity index (χ1) is 13.6. The Bertz CT molecular complexity index is 1010. The molecule has 140 valence electrons. The van der Waals surface area contributed by atoms with Crippen LogP contribution >= 0.6 is 11.6 Å². The van der Waals surface area contributed by atoms with Crippen LogP contribution in [-0.4, -0.2) is 24.2 Å². The summed E-state index contributed by atoms with van der Waals surface area (Å²) in [7, 11) is 0. The number of carbonyl (C=O) groups excluding carboxylic acids is 1. The first-order valence-electron chi connectivity index (χ1n) is 8.67. The number of benzene rings is 2. The second kappa shape index (κ2) is 9.03. The van der Waals surface area contributed by atoms with Gasteiger partial charge in [-0.2, -0.15) is 5.26 Å². The molecule has 3 aromatic rings. The Morgan fingerprint density at radius 3 is 2.46 bits per heavy atom. The van der Waals surface area contributed by atoms with Gasteiger partial charge in [0.25, 0.3) is 0 Å². The van der Waals surface area contributed by atoms with Gasteiger partial charge in [0.05, 0.1) is 12.3 Å². The lowest BCUT2D eigenvalue weighted by Crippen LogP contribution is -2.16. The van der Waals surface area contributed by atoms with E-state index in [2.05, 4.69) is 11.1 Å². The van der Waals surface area contributed by atoms with E-state index in [9.17, 15) is 10.1 Å². The average Bonchev–Trinajstić information content (AvgIpc) is 2.73. The van der Waals surface area contributed by atoms with Crippen molar-refractivity contribution in [2.75, 3.05) is 13.2 Å². The van der Waals surface area contributed by atoms with E-state index in [1.54, 1.807) is 19.1 Å². The van der Waals surface area contributed by atoms with E-state index in [4.69, 9.17) is 21.1 Å². The fourth-order valence-corrected chi connectivity index (χ4v) is 2.80. The number of hydrogen-bond acceptors (Lipinski definition) is 5. The summed E-state index contributed by atoms with van der Waals surface area (Å²) in [5, 5.41) is 10.3. The number of aromatic nitrogens is 1. The highest BCUT2D eigenvalue weighted by atomic mass is 35.5. The van der Waals surface area contributed by atoms with E-state index in [1.165, 1.54) is 0 Å². The minimum atomic E-state index is -0.522. The topological polar surface area (TPSA) is 72.2 Å². The molecule has 0 saturated carbocycles. The number of pyridine rings is 1. The molecule has 5 nitrogen and oxygen atoms in total. The first-order valence-corrected chi connectivity index (χ1v) is 9.05. The zero-order valence-corrected chi connectivity index (χ0v) is 15.9. The maximum atomic E-state index is 11.7. The van der Waals surface area contributed by atoms with Gasteiger partial charge in [0.15, 0.2) is 6.61 Å². The van der Waals surface area contributed by atoms with Gasteiger partial charge in [-0.25, -0.2) is 9.78 Å². The van der Waals surface area contributed by atoms with Gasteiger partial charge in [0.1, 0.15) is 11.6 Å². The molecule has 0 radical (unpaired) electrons. The van der Waals surface area contributed by atoms with Crippen LogP contribution in [0.25, 0.3) is 22.4 Å². The Morgan fingerprint density at radius 2 is 1.82 bits per heavy atom. The summed E-state index contributed by atoms with van der Waals surface area (Å²) in [6.45, 7) is 1.64. The molecule has 0 atom stereocenters. The summed E-state index contributed by atoms with van der Waals surface area (Å²) >= 11 is 5.99. The van der Waals surface area contributed by atoms with Crippen molar-refractivity contribution < 1.29 is 14.3 Å². The fourth-order valence-electron chi connectivity index (χ4n) is 2.68. The van der Waals surface area contributed by atoms with Gasteiger partial charge in [-0.1, -0.05) is 54.1 Å². The van der Waals surface area contributed by atoms with E-state index >= 15 is 0 Å². The van der Waals surface area contributed by atoms with Crippen molar-refractivity contribution in [2.24, 2.45) is 0 Å². The molecule has 0 saturated heterocycles. The van der Waals surface area contributed by atoms with E-state index in [0.717, 1.165) is 11.1 Å². The van der Waals surface area contributed by atoms with Gasteiger partial charge >= 0.3 is 5.97 Å². The number of ether oxygens (including phenoxy) is 2. The normalized spacial score (nSPS) is 10.2. The Kier molecular flexibility index (Phi) is 6.25. The van der Waals surface area contributed by atoms with E-state index in [-0.39, 0.29) is 24.7 Å². The quantitative estimate of drug-likeness (QED) is 0.559. The molecule has 0 aliphatic carbocycles. The molecule has 28 heavy (non-hydrogen) atoms. The van der Waals surface area contributed by atoms with Crippen LogP contribution in [-0.2, 0) is 9.53 Å². The molecule has 0 bridgehead atoms. The number of esters is 1. The van der Waals surface area contributed by atoms with Crippen molar-refractivity contribution in [3.05, 3.63) is 71.2 Å². The van der Waals surface area contributed by atoms with E-state index < -0.39 is 5.97 Å². The molecule has 0 aliphatic heterocycles. The molecule has 0 aliphatic rings. The highest BCUT2D eigenvalue weighted by Gasteiger charge is 2.18. The smallest absolute Gasteiger partial charge is 0.344 e. The third kappa shape index (κ3) is 4.48. The van der Waals surface area contributed by atoms with Crippen LogP contribution in [0.2, 0.25) is 5.02 Å². The van der Waals surface area contributed by atoms with Crippen molar-refractivity contribution in [2.45, 2.75) is 6.92 Å². The van der Waals surface area contributed by atoms with Gasteiger partial charge in [-0.15, -0.1) is 0 Å². The summed E-state index contributed by atoms with van der Waals surface area (Å²) in [4.78, 5) is 16.2. The van der Waals surface area contributed by atoms with Crippen molar-refractivity contribution in [1.82, 2.24) is 4.98 Å². The van der Waals surface area contributed by atoms with Crippen LogP contribution < -0.4 is 4.74 Å². The predicted octanol–water partition coefficient (Wildman–Crippen LogP) is 4.88. The standard InChI is InChI=1S/C22H17ClN2O3/c1-2-27-21(26)14-28-22-19(13-24)18(15-8-10-17(23)11-9-15)12-20(25-22)16-6-4-3-5-7-16/h3-12H,2,14H2,1H3. The van der Waals surface area contributed by atoms with E-state index in [1.807, 2.05) is 48.5 Å². The number of halogens is 1. The monoisotopic (exact) mass is 392 g/mol. The van der Waals surface area contributed by atoms with Crippen molar-refractivity contribution in [3.63, 3.8) is 0 Å². The summed E-state index contributed by atoms with van der Waals surface area (Å²) in [6, 6.07) is 20.6. The SMILES string of the molecule is CCOC(=O)COc1nc(-c2ccccc2)cc(-c2ccc(Cl)cc2)c1C#N. The second-order valence-electron chi connectivity index (χ2n) is 5.81. The molecule has 1 heterocycles. The highest BCUT2D eigenvalue weighted by Crippen LogP contribution is 2.34. The zero-order chi connectivity index (χ0) is 19.9. The maximum absolute atomic E-state index is 11.7. The number of rotatable bonds is 6.